The number of carbonyl (C=O) groups is 1. The highest BCUT2D eigenvalue weighted by Crippen LogP contribution is 2.10. The van der Waals surface area contributed by atoms with Gasteiger partial charge in [0.05, 0.1) is 12.1 Å². The Hall–Kier alpha value is -1.39. The summed E-state index contributed by atoms with van der Waals surface area (Å²) in [5, 5.41) is 12.6. The van der Waals surface area contributed by atoms with E-state index in [9.17, 15) is 9.90 Å². The third kappa shape index (κ3) is 3.78. The molecule has 2 rings (SSSR count). The molecule has 1 unspecified atom stereocenters. The lowest BCUT2D eigenvalue weighted by atomic mass is 10.1. The zero-order valence-electron chi connectivity index (χ0n) is 11.4. The maximum atomic E-state index is 12.3. The summed E-state index contributed by atoms with van der Waals surface area (Å²) in [6.45, 7) is 3.95. The van der Waals surface area contributed by atoms with Gasteiger partial charge in [-0.15, -0.1) is 0 Å². The van der Waals surface area contributed by atoms with Gasteiger partial charge in [-0.2, -0.15) is 0 Å². The van der Waals surface area contributed by atoms with Gasteiger partial charge in [0.2, 0.25) is 5.91 Å². The van der Waals surface area contributed by atoms with Crippen LogP contribution in [0.4, 0.5) is 0 Å². The van der Waals surface area contributed by atoms with Crippen LogP contribution < -0.4 is 5.32 Å². The number of likely N-dealkylation sites (N-methyl/N-ethyl adjacent to an activating group) is 1. The first-order valence-corrected chi connectivity index (χ1v) is 6.95. The molecule has 1 heterocycles. The molecule has 1 aliphatic heterocycles. The maximum Gasteiger partial charge on any atom is 0.239 e. The van der Waals surface area contributed by atoms with Crippen LogP contribution in [0.1, 0.15) is 18.9 Å². The lowest BCUT2D eigenvalue weighted by Crippen LogP contribution is -2.44. The summed E-state index contributed by atoms with van der Waals surface area (Å²) in [6.07, 6.45) is 1.01. The lowest BCUT2D eigenvalue weighted by molar-refractivity contribution is -0.133. The van der Waals surface area contributed by atoms with Gasteiger partial charge in [-0.1, -0.05) is 30.3 Å². The van der Waals surface area contributed by atoms with Gasteiger partial charge < -0.3 is 15.3 Å². The van der Waals surface area contributed by atoms with Crippen LogP contribution in [0.3, 0.4) is 0 Å². The van der Waals surface area contributed by atoms with Crippen LogP contribution in [0.25, 0.3) is 0 Å². The van der Waals surface area contributed by atoms with Gasteiger partial charge in [0.15, 0.2) is 0 Å². The monoisotopic (exact) mass is 262 g/mol. The molecule has 2 atom stereocenters. The molecule has 2 N–H and O–H groups in total. The van der Waals surface area contributed by atoms with Crippen LogP contribution in [-0.4, -0.2) is 47.7 Å². The van der Waals surface area contributed by atoms with E-state index in [0.717, 1.165) is 13.0 Å². The van der Waals surface area contributed by atoms with Crippen LogP contribution >= 0.6 is 0 Å². The Morgan fingerprint density at radius 3 is 2.74 bits per heavy atom. The van der Waals surface area contributed by atoms with Crippen molar-refractivity contribution in [2.45, 2.75) is 31.9 Å². The summed E-state index contributed by atoms with van der Waals surface area (Å²) >= 11 is 0. The zero-order valence-corrected chi connectivity index (χ0v) is 11.4. The molecule has 1 aromatic rings. The predicted molar refractivity (Wildman–Crippen MR) is 74.8 cm³/mol. The molecule has 0 spiro atoms. The minimum atomic E-state index is -0.387. The molecular weight excluding hydrogens is 240 g/mol. The van der Waals surface area contributed by atoms with Crippen molar-refractivity contribution in [3.8, 4) is 0 Å². The summed E-state index contributed by atoms with van der Waals surface area (Å²) in [7, 11) is 0. The smallest absolute Gasteiger partial charge is 0.239 e. The fraction of sp³-hybridized carbons (Fsp3) is 0.533. The number of aliphatic hydroxyl groups is 1. The van der Waals surface area contributed by atoms with E-state index >= 15 is 0 Å². The molecule has 1 aromatic carbocycles. The number of carbonyl (C=O) groups excluding carboxylic acids is 1. The third-order valence-corrected chi connectivity index (χ3v) is 3.61. The molecule has 1 saturated heterocycles. The fourth-order valence-electron chi connectivity index (χ4n) is 2.46. The van der Waals surface area contributed by atoms with Crippen molar-refractivity contribution in [2.75, 3.05) is 19.6 Å². The van der Waals surface area contributed by atoms with Crippen molar-refractivity contribution in [1.29, 1.82) is 0 Å². The molecule has 0 aromatic heterocycles. The van der Waals surface area contributed by atoms with Gasteiger partial charge in [-0.25, -0.2) is 0 Å². The molecule has 0 bridgehead atoms. The van der Waals surface area contributed by atoms with Crippen LogP contribution in [-0.2, 0) is 11.2 Å². The predicted octanol–water partition coefficient (Wildman–Crippen LogP) is 0.800. The zero-order chi connectivity index (χ0) is 13.7. The molecule has 1 amide bonds. The van der Waals surface area contributed by atoms with Crippen LogP contribution in [0, 0.1) is 0 Å². The second-order valence-corrected chi connectivity index (χ2v) is 5.00. The highest BCUT2D eigenvalue weighted by atomic mass is 16.3. The minimum Gasteiger partial charge on any atom is -0.392 e. The quantitative estimate of drug-likeness (QED) is 0.825. The topological polar surface area (TPSA) is 52.6 Å². The summed E-state index contributed by atoms with van der Waals surface area (Å²) < 4.78 is 0. The number of rotatable bonds is 5. The molecular formula is C15H22N2O2. The average Bonchev–Trinajstić information content (AvgIpc) is 2.87. The Morgan fingerprint density at radius 1 is 1.42 bits per heavy atom. The molecule has 19 heavy (non-hydrogen) atoms. The van der Waals surface area contributed by atoms with Gasteiger partial charge in [0.1, 0.15) is 0 Å². The highest BCUT2D eigenvalue weighted by Gasteiger charge is 2.30. The number of aliphatic hydroxyl groups excluding tert-OH is 1. The molecule has 0 radical (unpaired) electrons. The van der Waals surface area contributed by atoms with Gasteiger partial charge >= 0.3 is 0 Å². The molecule has 4 nitrogen and oxygen atoms in total. The van der Waals surface area contributed by atoms with Gasteiger partial charge in [-0.3, -0.25) is 4.79 Å². The van der Waals surface area contributed by atoms with E-state index in [1.807, 2.05) is 30.0 Å². The number of nitrogens with zero attached hydrogens (tertiary/aromatic N) is 1. The van der Waals surface area contributed by atoms with Crippen molar-refractivity contribution >= 4 is 5.91 Å². The van der Waals surface area contributed by atoms with E-state index in [1.165, 1.54) is 5.56 Å². The van der Waals surface area contributed by atoms with E-state index in [-0.39, 0.29) is 18.1 Å². The Labute approximate surface area is 114 Å². The van der Waals surface area contributed by atoms with E-state index in [1.54, 1.807) is 0 Å². The maximum absolute atomic E-state index is 12.3. The molecule has 1 aliphatic rings. The van der Waals surface area contributed by atoms with E-state index in [2.05, 4.69) is 17.4 Å². The van der Waals surface area contributed by atoms with E-state index in [0.29, 0.717) is 19.5 Å². The third-order valence-electron chi connectivity index (χ3n) is 3.61. The Bertz CT molecular complexity index is 408. The minimum absolute atomic E-state index is 0.106. The molecule has 0 aliphatic carbocycles. The average molecular weight is 262 g/mol. The normalized spacial score (nSPS) is 22.4. The molecule has 4 heteroatoms. The number of β-amino-alcohol motifs (C(OH)–C–C–N with tert-alkyl or cyclic N) is 1. The summed E-state index contributed by atoms with van der Waals surface area (Å²) in [5.41, 5.74) is 1.24. The first kappa shape index (κ1) is 14.0. The van der Waals surface area contributed by atoms with Crippen LogP contribution in [0.15, 0.2) is 30.3 Å². The van der Waals surface area contributed by atoms with Crippen molar-refractivity contribution < 1.29 is 9.90 Å². The highest BCUT2D eigenvalue weighted by molar-refractivity contribution is 5.82. The second-order valence-electron chi connectivity index (χ2n) is 5.00. The summed E-state index contributed by atoms with van der Waals surface area (Å²) in [5.74, 6) is 0.106. The number of benzene rings is 1. The Kier molecular flexibility index (Phi) is 4.93. The molecule has 104 valence electrons. The first-order valence-electron chi connectivity index (χ1n) is 6.95. The Morgan fingerprint density at radius 2 is 2.16 bits per heavy atom. The standard InChI is InChI=1S/C15H22N2O2/c1-2-17(9-8-12-6-4-3-5-7-12)15(19)14-10-13(18)11-16-14/h3-7,13-14,16,18H,2,8-11H2,1H3/t13?,14-/m0/s1. The van der Waals surface area contributed by atoms with E-state index < -0.39 is 0 Å². The number of hydrogen-bond acceptors (Lipinski definition) is 3. The number of nitrogens with one attached hydrogen (secondary N) is 1. The van der Waals surface area contributed by atoms with Crippen LogP contribution in [0.2, 0.25) is 0 Å². The van der Waals surface area contributed by atoms with Gasteiger partial charge in [0.25, 0.3) is 0 Å². The largest absolute Gasteiger partial charge is 0.392 e. The number of amides is 1. The van der Waals surface area contributed by atoms with Crippen molar-refractivity contribution in [3.05, 3.63) is 35.9 Å². The van der Waals surface area contributed by atoms with Crippen molar-refractivity contribution in [3.63, 3.8) is 0 Å². The molecule has 1 fully saturated rings. The fourth-order valence-corrected chi connectivity index (χ4v) is 2.46. The summed E-state index contributed by atoms with van der Waals surface area (Å²) in [6, 6.07) is 9.97. The van der Waals surface area contributed by atoms with Crippen LogP contribution in [0.5, 0.6) is 0 Å². The SMILES string of the molecule is CCN(CCc1ccccc1)C(=O)[C@@H]1CC(O)CN1. The lowest BCUT2D eigenvalue weighted by Gasteiger charge is -2.24. The van der Waals surface area contributed by atoms with E-state index in [4.69, 9.17) is 0 Å². The first-order chi connectivity index (χ1) is 9.20. The molecule has 0 saturated carbocycles. The second kappa shape index (κ2) is 6.68. The van der Waals surface area contributed by atoms with Gasteiger partial charge in [-0.05, 0) is 25.3 Å². The Balaban J connectivity index is 1.87. The van der Waals surface area contributed by atoms with Gasteiger partial charge in [0, 0.05) is 19.6 Å². The van der Waals surface area contributed by atoms with Crippen molar-refractivity contribution in [2.24, 2.45) is 0 Å². The summed E-state index contributed by atoms with van der Waals surface area (Å²) in [4.78, 5) is 14.2. The van der Waals surface area contributed by atoms with Crippen molar-refractivity contribution in [1.82, 2.24) is 10.2 Å². The number of hydrogen-bond donors (Lipinski definition) is 2.